The Bertz CT molecular complexity index is 1360. The van der Waals surface area contributed by atoms with E-state index in [-0.39, 0.29) is 11.2 Å². The molecule has 2 aromatic carbocycles. The third-order valence-electron chi connectivity index (χ3n) is 5.39. The SMILES string of the molecule is CCc1ccccc1NC(=O)Nc1c(-c2cccc(OC)c2)c2cccnc2n(C)c1=O. The molecule has 7 nitrogen and oxygen atoms in total. The van der Waals surface area contributed by atoms with Crippen molar-refractivity contribution in [1.82, 2.24) is 9.55 Å². The van der Waals surface area contributed by atoms with Crippen molar-refractivity contribution >= 4 is 28.4 Å². The first-order chi connectivity index (χ1) is 15.5. The Morgan fingerprint density at radius 3 is 2.66 bits per heavy atom. The minimum Gasteiger partial charge on any atom is -0.497 e. The van der Waals surface area contributed by atoms with Gasteiger partial charge < -0.3 is 15.4 Å². The fourth-order valence-electron chi connectivity index (χ4n) is 3.78. The maximum Gasteiger partial charge on any atom is 0.323 e. The van der Waals surface area contributed by atoms with Crippen LogP contribution in [-0.2, 0) is 13.5 Å². The lowest BCUT2D eigenvalue weighted by atomic mass is 10.00. The molecule has 0 unspecified atom stereocenters. The highest BCUT2D eigenvalue weighted by Gasteiger charge is 2.20. The minimum atomic E-state index is -0.490. The highest BCUT2D eigenvalue weighted by Crippen LogP contribution is 2.34. The van der Waals surface area contributed by atoms with Crippen LogP contribution in [-0.4, -0.2) is 22.7 Å². The predicted molar refractivity (Wildman–Crippen MR) is 127 cm³/mol. The molecule has 2 amide bonds. The molecule has 162 valence electrons. The van der Waals surface area contributed by atoms with Crippen molar-refractivity contribution in [3.63, 3.8) is 0 Å². The van der Waals surface area contributed by atoms with Crippen molar-refractivity contribution < 1.29 is 9.53 Å². The van der Waals surface area contributed by atoms with Gasteiger partial charge in [0.2, 0.25) is 0 Å². The van der Waals surface area contributed by atoms with Crippen LogP contribution in [0.1, 0.15) is 12.5 Å². The Morgan fingerprint density at radius 2 is 1.88 bits per heavy atom. The monoisotopic (exact) mass is 428 g/mol. The van der Waals surface area contributed by atoms with Crippen LogP contribution < -0.4 is 20.9 Å². The Balaban J connectivity index is 1.85. The number of nitrogens with zero attached hydrogens (tertiary/aromatic N) is 2. The molecule has 2 N–H and O–H groups in total. The molecule has 0 saturated heterocycles. The topological polar surface area (TPSA) is 85.2 Å². The fraction of sp³-hybridized carbons (Fsp3) is 0.160. The molecule has 0 radical (unpaired) electrons. The lowest BCUT2D eigenvalue weighted by Crippen LogP contribution is -2.28. The molecule has 4 rings (SSSR count). The maximum atomic E-state index is 13.3. The van der Waals surface area contributed by atoms with Gasteiger partial charge in [-0.05, 0) is 47.9 Å². The van der Waals surface area contributed by atoms with Crippen LogP contribution >= 0.6 is 0 Å². The van der Waals surface area contributed by atoms with E-state index < -0.39 is 6.03 Å². The molecule has 0 spiro atoms. The minimum absolute atomic E-state index is 0.174. The zero-order valence-corrected chi connectivity index (χ0v) is 18.2. The molecule has 2 heterocycles. The molecular formula is C25H24N4O3. The molecule has 2 aromatic heterocycles. The van der Waals surface area contributed by atoms with E-state index in [1.54, 1.807) is 26.4 Å². The number of aryl methyl sites for hydroxylation is 2. The number of benzene rings is 2. The molecule has 0 aliphatic rings. The van der Waals surface area contributed by atoms with Crippen molar-refractivity contribution in [3.05, 3.63) is 82.8 Å². The van der Waals surface area contributed by atoms with Gasteiger partial charge in [0.25, 0.3) is 5.56 Å². The number of carbonyl (C=O) groups excluding carboxylic acids is 1. The van der Waals surface area contributed by atoms with Crippen LogP contribution in [0.3, 0.4) is 0 Å². The van der Waals surface area contributed by atoms with E-state index in [0.717, 1.165) is 22.9 Å². The van der Waals surface area contributed by atoms with Gasteiger partial charge in [0.15, 0.2) is 0 Å². The van der Waals surface area contributed by atoms with Crippen molar-refractivity contribution in [3.8, 4) is 16.9 Å². The van der Waals surface area contributed by atoms with Gasteiger partial charge in [-0.25, -0.2) is 9.78 Å². The Morgan fingerprint density at radius 1 is 1.06 bits per heavy atom. The van der Waals surface area contributed by atoms with Crippen molar-refractivity contribution in [1.29, 1.82) is 0 Å². The van der Waals surface area contributed by atoms with Gasteiger partial charge in [-0.15, -0.1) is 0 Å². The molecular weight excluding hydrogens is 404 g/mol. The number of methoxy groups -OCH3 is 1. The van der Waals surface area contributed by atoms with Gasteiger partial charge in [0, 0.05) is 29.9 Å². The number of pyridine rings is 2. The lowest BCUT2D eigenvalue weighted by molar-refractivity contribution is 0.262. The molecule has 0 aliphatic carbocycles. The third-order valence-corrected chi connectivity index (χ3v) is 5.39. The summed E-state index contributed by atoms with van der Waals surface area (Å²) < 4.78 is 6.81. The first-order valence-electron chi connectivity index (χ1n) is 10.3. The Kier molecular flexibility index (Phi) is 5.89. The number of anilines is 2. The van der Waals surface area contributed by atoms with Crippen molar-refractivity contribution in [2.75, 3.05) is 17.7 Å². The van der Waals surface area contributed by atoms with Crippen molar-refractivity contribution in [2.45, 2.75) is 13.3 Å². The number of nitrogens with one attached hydrogen (secondary N) is 2. The number of para-hydroxylation sites is 1. The van der Waals surface area contributed by atoms with Crippen LogP contribution in [0.25, 0.3) is 22.2 Å². The summed E-state index contributed by atoms with van der Waals surface area (Å²) in [5.74, 6) is 0.646. The number of hydrogen-bond acceptors (Lipinski definition) is 4. The smallest absolute Gasteiger partial charge is 0.323 e. The van der Waals surface area contributed by atoms with Crippen LogP contribution in [0.15, 0.2) is 71.7 Å². The van der Waals surface area contributed by atoms with Gasteiger partial charge in [-0.3, -0.25) is 9.36 Å². The van der Waals surface area contributed by atoms with E-state index in [2.05, 4.69) is 15.6 Å². The highest BCUT2D eigenvalue weighted by molar-refractivity contribution is 6.07. The fourth-order valence-corrected chi connectivity index (χ4v) is 3.78. The van der Waals surface area contributed by atoms with Crippen LogP contribution in [0, 0.1) is 0 Å². The molecule has 0 aliphatic heterocycles. The number of carbonyl (C=O) groups is 1. The van der Waals surface area contributed by atoms with Crippen LogP contribution in [0.4, 0.5) is 16.2 Å². The summed E-state index contributed by atoms with van der Waals surface area (Å²) in [6.45, 7) is 2.02. The van der Waals surface area contributed by atoms with Crippen LogP contribution in [0.5, 0.6) is 5.75 Å². The average Bonchev–Trinajstić information content (AvgIpc) is 2.83. The summed E-state index contributed by atoms with van der Waals surface area (Å²) >= 11 is 0. The molecule has 0 atom stereocenters. The van der Waals surface area contributed by atoms with E-state index in [1.165, 1.54) is 4.57 Å². The zero-order valence-electron chi connectivity index (χ0n) is 18.2. The van der Waals surface area contributed by atoms with E-state index in [4.69, 9.17) is 4.74 Å². The molecule has 0 fully saturated rings. The number of amides is 2. The molecule has 4 aromatic rings. The highest BCUT2D eigenvalue weighted by atomic mass is 16.5. The first-order valence-corrected chi connectivity index (χ1v) is 10.3. The van der Waals surface area contributed by atoms with Gasteiger partial charge in [0.05, 0.1) is 7.11 Å². The second-order valence-electron chi connectivity index (χ2n) is 7.31. The second-order valence-corrected chi connectivity index (χ2v) is 7.31. The molecule has 0 saturated carbocycles. The van der Waals surface area contributed by atoms with Crippen LogP contribution in [0.2, 0.25) is 0 Å². The number of fused-ring (bicyclic) bond motifs is 1. The van der Waals surface area contributed by atoms with Gasteiger partial charge in [0.1, 0.15) is 17.1 Å². The summed E-state index contributed by atoms with van der Waals surface area (Å²) in [6.07, 6.45) is 2.41. The number of ether oxygens (including phenoxy) is 1. The summed E-state index contributed by atoms with van der Waals surface area (Å²) in [7, 11) is 3.23. The van der Waals surface area contributed by atoms with Crippen molar-refractivity contribution in [2.24, 2.45) is 7.05 Å². The van der Waals surface area contributed by atoms with Gasteiger partial charge >= 0.3 is 6.03 Å². The van der Waals surface area contributed by atoms with E-state index in [1.807, 2.05) is 61.5 Å². The Labute approximate surface area is 185 Å². The lowest BCUT2D eigenvalue weighted by Gasteiger charge is -2.17. The summed E-state index contributed by atoms with van der Waals surface area (Å²) in [5.41, 5.74) is 3.39. The number of rotatable bonds is 5. The third kappa shape index (κ3) is 3.92. The van der Waals surface area contributed by atoms with E-state index in [9.17, 15) is 9.59 Å². The predicted octanol–water partition coefficient (Wildman–Crippen LogP) is 4.82. The molecule has 0 bridgehead atoms. The number of aromatic nitrogens is 2. The molecule has 7 heteroatoms. The quantitative estimate of drug-likeness (QED) is 0.477. The Hall–Kier alpha value is -4.13. The standard InChI is InChI=1S/C25H24N4O3/c1-4-16-9-5-6-13-20(16)27-25(31)28-22-21(17-10-7-11-18(15-17)32-3)19-12-8-14-26-23(19)29(2)24(22)30/h5-15H,4H2,1-3H3,(H2,27,28,31). The average molecular weight is 428 g/mol. The van der Waals surface area contributed by atoms with Gasteiger partial charge in [-0.1, -0.05) is 37.3 Å². The number of urea groups is 1. The number of hydrogen-bond donors (Lipinski definition) is 2. The van der Waals surface area contributed by atoms with Gasteiger partial charge in [-0.2, -0.15) is 0 Å². The largest absolute Gasteiger partial charge is 0.497 e. The molecule has 32 heavy (non-hydrogen) atoms. The van der Waals surface area contributed by atoms with E-state index in [0.29, 0.717) is 22.6 Å². The summed E-state index contributed by atoms with van der Waals surface area (Å²) in [5, 5.41) is 6.41. The van der Waals surface area contributed by atoms with E-state index >= 15 is 0 Å². The maximum absolute atomic E-state index is 13.3. The normalized spacial score (nSPS) is 10.7. The summed E-state index contributed by atoms with van der Waals surface area (Å²) in [6, 6.07) is 18.1. The first kappa shape index (κ1) is 21.1. The second kappa shape index (κ2) is 8.93. The zero-order chi connectivity index (χ0) is 22.7. The summed E-state index contributed by atoms with van der Waals surface area (Å²) in [4.78, 5) is 30.6.